The predicted octanol–water partition coefficient (Wildman–Crippen LogP) is -1.34. The average Bonchev–Trinajstić information content (AvgIpc) is 2.48. The van der Waals surface area contributed by atoms with Crippen molar-refractivity contribution in [3.8, 4) is 0 Å². The minimum Gasteiger partial charge on any atom is -0.481 e. The van der Waals surface area contributed by atoms with Gasteiger partial charge in [0.1, 0.15) is 24.9 Å². The number of ketones is 1. The quantitative estimate of drug-likeness (QED) is 0.271. The number of unbranched alkanes of at least 4 members (excludes halogenated alkanes) is 3. The summed E-state index contributed by atoms with van der Waals surface area (Å²) in [5, 5.41) is 51.3. The number of Topliss-reactive ketones (excluding diaryl/α,β-unsaturated/α-hetero) is 1. The van der Waals surface area contributed by atoms with Gasteiger partial charge < -0.3 is 30.6 Å². The molecule has 0 bridgehead atoms. The van der Waals surface area contributed by atoms with E-state index in [0.717, 1.165) is 19.3 Å². The molecule has 126 valence electrons. The van der Waals surface area contributed by atoms with Crippen LogP contribution < -0.4 is 0 Å². The second-order valence-corrected chi connectivity index (χ2v) is 4.51. The van der Waals surface area contributed by atoms with E-state index in [0.29, 0.717) is 6.42 Å². The molecule has 0 aliphatic rings. The van der Waals surface area contributed by atoms with Gasteiger partial charge in [0.2, 0.25) is 0 Å². The van der Waals surface area contributed by atoms with Gasteiger partial charge in [-0.1, -0.05) is 26.2 Å². The molecule has 0 saturated carbocycles. The van der Waals surface area contributed by atoms with E-state index < -0.39 is 43.3 Å². The van der Waals surface area contributed by atoms with Crippen LogP contribution in [0.3, 0.4) is 0 Å². The van der Waals surface area contributed by atoms with E-state index in [2.05, 4.69) is 6.92 Å². The highest BCUT2D eigenvalue weighted by Crippen LogP contribution is 2.01. The summed E-state index contributed by atoms with van der Waals surface area (Å²) in [7, 11) is 0. The summed E-state index contributed by atoms with van der Waals surface area (Å²) in [5.41, 5.74) is 0. The number of carboxylic acid groups (broad SMARTS) is 1. The fourth-order valence-electron chi connectivity index (χ4n) is 1.31. The molecule has 0 aliphatic carbocycles. The molecule has 8 nitrogen and oxygen atoms in total. The molecule has 0 amide bonds. The second kappa shape index (κ2) is 13.9. The Morgan fingerprint density at radius 2 is 1.57 bits per heavy atom. The molecule has 6 N–H and O–H groups in total. The standard InChI is InChI=1S/C7H14O2.C6H12O6/c1-2-3-4-5-6-7(8)9;7-1-3(9)5(11)6(12)4(10)2-8/h2-6H2,1H3,(H,8,9);3,5-9,11-12H,1-2H2. The van der Waals surface area contributed by atoms with Gasteiger partial charge in [0.15, 0.2) is 5.78 Å². The summed E-state index contributed by atoms with van der Waals surface area (Å²) >= 11 is 0. The van der Waals surface area contributed by atoms with Crippen LogP contribution in [0.4, 0.5) is 0 Å². The van der Waals surface area contributed by atoms with Crippen LogP contribution >= 0.6 is 0 Å². The van der Waals surface area contributed by atoms with Gasteiger partial charge in [0, 0.05) is 6.42 Å². The maximum atomic E-state index is 10.5. The summed E-state index contributed by atoms with van der Waals surface area (Å²) in [5.74, 6) is -1.68. The Bertz CT molecular complexity index is 281. The number of hydrogen-bond donors (Lipinski definition) is 6. The minimum absolute atomic E-state index is 0.333. The van der Waals surface area contributed by atoms with E-state index in [4.69, 9.17) is 30.6 Å². The number of rotatable bonds is 10. The Morgan fingerprint density at radius 3 is 1.95 bits per heavy atom. The Kier molecular flexibility index (Phi) is 14.7. The van der Waals surface area contributed by atoms with E-state index in [9.17, 15) is 9.59 Å². The van der Waals surface area contributed by atoms with Crippen molar-refractivity contribution >= 4 is 11.8 Å². The SMILES string of the molecule is CCCCCCC(=O)O.O=C(CO)C(O)C(O)C(O)CO. The molecule has 0 rings (SSSR count). The minimum atomic E-state index is -1.86. The number of aliphatic hydroxyl groups excluding tert-OH is 5. The van der Waals surface area contributed by atoms with Crippen molar-refractivity contribution in [3.63, 3.8) is 0 Å². The number of hydrogen-bond acceptors (Lipinski definition) is 7. The normalized spacial score (nSPS) is 14.6. The molecule has 0 spiro atoms. The molecule has 0 aromatic rings. The summed E-state index contributed by atoms with van der Waals surface area (Å²) in [6.07, 6.45) is -0.666. The molecule has 0 fully saturated rings. The van der Waals surface area contributed by atoms with E-state index in [1.54, 1.807) is 0 Å². The van der Waals surface area contributed by atoms with Gasteiger partial charge in [-0.15, -0.1) is 0 Å². The van der Waals surface area contributed by atoms with Crippen LogP contribution in [0.2, 0.25) is 0 Å². The van der Waals surface area contributed by atoms with Crippen molar-refractivity contribution in [1.29, 1.82) is 0 Å². The lowest BCUT2D eigenvalue weighted by molar-refractivity contribution is -0.142. The van der Waals surface area contributed by atoms with Crippen molar-refractivity contribution in [2.24, 2.45) is 0 Å². The molecule has 3 atom stereocenters. The van der Waals surface area contributed by atoms with Crippen molar-refractivity contribution in [3.05, 3.63) is 0 Å². The number of aliphatic carboxylic acids is 1. The molecule has 3 unspecified atom stereocenters. The second-order valence-electron chi connectivity index (χ2n) is 4.51. The maximum absolute atomic E-state index is 10.5. The molecular weight excluding hydrogens is 284 g/mol. The Balaban J connectivity index is 0. The van der Waals surface area contributed by atoms with Gasteiger partial charge >= 0.3 is 5.97 Å². The zero-order valence-electron chi connectivity index (χ0n) is 12.2. The van der Waals surface area contributed by atoms with E-state index >= 15 is 0 Å². The average molecular weight is 310 g/mol. The van der Waals surface area contributed by atoms with Crippen LogP contribution in [0.15, 0.2) is 0 Å². The van der Waals surface area contributed by atoms with Gasteiger partial charge in [-0.2, -0.15) is 0 Å². The number of aliphatic hydroxyl groups is 5. The lowest BCUT2D eigenvalue weighted by atomic mass is 10.1. The smallest absolute Gasteiger partial charge is 0.303 e. The van der Waals surface area contributed by atoms with Gasteiger partial charge in [0.25, 0.3) is 0 Å². The zero-order chi connectivity index (χ0) is 16.8. The Labute approximate surface area is 123 Å². The largest absolute Gasteiger partial charge is 0.481 e. The highest BCUT2D eigenvalue weighted by Gasteiger charge is 2.28. The van der Waals surface area contributed by atoms with Crippen molar-refractivity contribution in [2.45, 2.75) is 57.3 Å². The van der Waals surface area contributed by atoms with Gasteiger partial charge in [-0.25, -0.2) is 0 Å². The molecule has 0 saturated heterocycles. The third-order valence-corrected chi connectivity index (χ3v) is 2.63. The molecule has 0 aliphatic heterocycles. The van der Waals surface area contributed by atoms with Gasteiger partial charge in [-0.3, -0.25) is 9.59 Å². The summed E-state index contributed by atoms with van der Waals surface area (Å²) in [4.78, 5) is 20.5. The van der Waals surface area contributed by atoms with Crippen LogP contribution in [-0.4, -0.2) is 73.9 Å². The first-order valence-corrected chi connectivity index (χ1v) is 6.82. The third kappa shape index (κ3) is 12.4. The molecule has 0 radical (unpaired) electrons. The van der Waals surface area contributed by atoms with Gasteiger partial charge in [0.05, 0.1) is 6.61 Å². The van der Waals surface area contributed by atoms with E-state index in [1.807, 2.05) is 0 Å². The van der Waals surface area contributed by atoms with Gasteiger partial charge in [-0.05, 0) is 6.42 Å². The topological polar surface area (TPSA) is 156 Å². The van der Waals surface area contributed by atoms with Crippen LogP contribution in [0.25, 0.3) is 0 Å². The first-order valence-electron chi connectivity index (χ1n) is 6.82. The van der Waals surface area contributed by atoms with E-state index in [1.165, 1.54) is 6.42 Å². The number of carbonyl (C=O) groups excluding carboxylic acids is 1. The zero-order valence-corrected chi connectivity index (χ0v) is 12.2. The van der Waals surface area contributed by atoms with E-state index in [-0.39, 0.29) is 0 Å². The van der Waals surface area contributed by atoms with Crippen LogP contribution in [0.1, 0.15) is 39.0 Å². The van der Waals surface area contributed by atoms with Crippen LogP contribution in [0.5, 0.6) is 0 Å². The first kappa shape index (κ1) is 22.2. The third-order valence-electron chi connectivity index (χ3n) is 2.63. The van der Waals surface area contributed by atoms with Crippen LogP contribution in [-0.2, 0) is 9.59 Å². The van der Waals surface area contributed by atoms with Crippen LogP contribution in [0, 0.1) is 0 Å². The summed E-state index contributed by atoms with van der Waals surface area (Å²) < 4.78 is 0. The number of carboxylic acids is 1. The van der Waals surface area contributed by atoms with Crippen molar-refractivity contribution in [1.82, 2.24) is 0 Å². The molecule has 0 aromatic carbocycles. The molecular formula is C13H26O8. The molecule has 8 heteroatoms. The summed E-state index contributed by atoms with van der Waals surface area (Å²) in [6.45, 7) is 0.425. The maximum Gasteiger partial charge on any atom is 0.303 e. The predicted molar refractivity (Wildman–Crippen MR) is 73.6 cm³/mol. The highest BCUT2D eigenvalue weighted by molar-refractivity contribution is 5.84. The van der Waals surface area contributed by atoms with Crippen molar-refractivity contribution in [2.75, 3.05) is 13.2 Å². The first-order chi connectivity index (χ1) is 9.81. The fourth-order valence-corrected chi connectivity index (χ4v) is 1.31. The lowest BCUT2D eigenvalue weighted by Crippen LogP contribution is -2.44. The summed E-state index contributed by atoms with van der Waals surface area (Å²) in [6, 6.07) is 0. The van der Waals surface area contributed by atoms with Crippen molar-refractivity contribution < 1.29 is 40.2 Å². The number of carbonyl (C=O) groups is 2. The molecule has 0 heterocycles. The highest BCUT2D eigenvalue weighted by atomic mass is 16.4. The monoisotopic (exact) mass is 310 g/mol. The Hall–Kier alpha value is -1.06. The fraction of sp³-hybridized carbons (Fsp3) is 0.846. The Morgan fingerprint density at radius 1 is 1.00 bits per heavy atom. The lowest BCUT2D eigenvalue weighted by Gasteiger charge is -2.19. The molecule has 21 heavy (non-hydrogen) atoms. The molecule has 0 aromatic heterocycles.